The number of nitrogens with zero attached hydrogens (tertiary/aromatic N) is 4. The maximum atomic E-state index is 14.9. The van der Waals surface area contributed by atoms with Crippen LogP contribution in [0.1, 0.15) is 204 Å². The molecule has 1 saturated heterocycles. The molecule has 476 valence electrons. The minimum atomic E-state index is -1.05. The standard InChI is InChI=1S/C65H97N7O13S/c1-11-30-71(64(82)50(42(7)12-2)37-56(76)53-22-17-19-31-70(53)10)54(41(5)6)38-57(85-44(9)73)63-69-52(39-86-63)62(81)67-47(33-43(8)65(83)84)34-45-24-26-46(27-25-45)35-55(75)51(21-15-16-23-58(66)77)68-61(80)49(40(3)4)36-48(74)20-14-13-18-32-72-59(78)28-29-60(72)79/h24-29,39-43,47,49-51,53-54,57H,11-23,30-38H2,1-10H3,(H2,66,77)(H,67,81)(H,68,80)(H,83,84)/t42-,43-,47+,49-,50-,51-,53?,54+,57+/m0/s1. The zero-order valence-corrected chi connectivity index (χ0v) is 53.4. The molecule has 21 heteroatoms. The molecule has 1 unspecified atom stereocenters. The van der Waals surface area contributed by atoms with Crippen molar-refractivity contribution in [2.75, 3.05) is 26.7 Å². The number of aromatic nitrogens is 1. The Hall–Kier alpha value is -6.48. The minimum absolute atomic E-state index is 0.0279. The van der Waals surface area contributed by atoms with E-state index in [1.165, 1.54) is 19.1 Å². The fraction of sp³-hybridized carbons (Fsp3) is 0.662. The molecule has 0 saturated carbocycles. The summed E-state index contributed by atoms with van der Waals surface area (Å²) in [6, 6.07) is 4.84. The number of aliphatic carboxylic acids is 1. The number of primary amides is 1. The number of Topliss-reactive ketones (excluding diaryl/α,β-unsaturated/α-hetero) is 3. The van der Waals surface area contributed by atoms with Crippen LogP contribution in [0.2, 0.25) is 0 Å². The Morgan fingerprint density at radius 3 is 2.08 bits per heavy atom. The summed E-state index contributed by atoms with van der Waals surface area (Å²) in [6.07, 6.45) is 9.28. The summed E-state index contributed by atoms with van der Waals surface area (Å²) < 4.78 is 5.93. The molecule has 5 N–H and O–H groups in total. The third kappa shape index (κ3) is 23.0. The number of hydrogen-bond acceptors (Lipinski definition) is 15. The number of imide groups is 1. The third-order valence-corrected chi connectivity index (χ3v) is 17.8. The number of amides is 6. The lowest BCUT2D eigenvalue weighted by Crippen LogP contribution is -2.50. The Morgan fingerprint density at radius 1 is 0.826 bits per heavy atom. The molecule has 0 aliphatic carbocycles. The van der Waals surface area contributed by atoms with Crippen molar-refractivity contribution in [1.29, 1.82) is 0 Å². The minimum Gasteiger partial charge on any atom is -0.481 e. The van der Waals surface area contributed by atoms with Crippen molar-refractivity contribution in [2.24, 2.45) is 41.2 Å². The van der Waals surface area contributed by atoms with Crippen LogP contribution in [0, 0.1) is 35.5 Å². The Labute approximate surface area is 512 Å². The third-order valence-electron chi connectivity index (χ3n) is 16.9. The second-order valence-corrected chi connectivity index (χ2v) is 25.4. The Kier molecular flexibility index (Phi) is 30.1. The predicted octanol–water partition coefficient (Wildman–Crippen LogP) is 8.32. The van der Waals surface area contributed by atoms with Crippen LogP contribution in [-0.4, -0.2) is 140 Å². The summed E-state index contributed by atoms with van der Waals surface area (Å²) in [5.41, 5.74) is 6.79. The van der Waals surface area contributed by atoms with E-state index in [0.29, 0.717) is 62.1 Å². The van der Waals surface area contributed by atoms with Crippen LogP contribution < -0.4 is 16.4 Å². The van der Waals surface area contributed by atoms with Crippen molar-refractivity contribution in [3.63, 3.8) is 0 Å². The number of nitrogens with two attached hydrogens (primary N) is 1. The number of likely N-dealkylation sites (N-methyl/N-ethyl adjacent to an activating group) is 1. The van der Waals surface area contributed by atoms with Gasteiger partial charge in [-0.15, -0.1) is 11.3 Å². The molecule has 86 heavy (non-hydrogen) atoms. The highest BCUT2D eigenvalue weighted by Gasteiger charge is 2.39. The number of ether oxygens (including phenoxy) is 1. The van der Waals surface area contributed by atoms with E-state index in [1.54, 1.807) is 36.6 Å². The number of benzene rings is 1. The molecule has 3 heterocycles. The second-order valence-electron chi connectivity index (χ2n) is 24.6. The van der Waals surface area contributed by atoms with Gasteiger partial charge < -0.3 is 31.1 Å². The molecule has 1 fully saturated rings. The molecular formula is C65H97N7O13S. The number of thiazole rings is 1. The summed E-state index contributed by atoms with van der Waals surface area (Å²) in [6.45, 7) is 18.1. The SMILES string of the molecule is CCCN(C(=O)[C@@H](CC(=O)C1CCCCN1C)[C@@H](C)CC)[C@H](C[C@@H](OC(C)=O)c1nc(C(=O)N[C@@H](Cc2ccc(CC(=O)[C@H](CCCCC(N)=O)NC(=O)[C@@H](CC(=O)CCCCCN3C(=O)C=CC3=O)C(C)C)cc2)C[C@H](C)C(=O)O)cs1)C(C)C. The molecule has 0 spiro atoms. The zero-order chi connectivity index (χ0) is 63.8. The van der Waals surface area contributed by atoms with E-state index in [-0.39, 0.29) is 129 Å². The van der Waals surface area contributed by atoms with Gasteiger partial charge in [-0.2, -0.15) is 0 Å². The van der Waals surface area contributed by atoms with Gasteiger partial charge >= 0.3 is 11.9 Å². The molecule has 6 amide bonds. The Balaban J connectivity index is 1.47. The zero-order valence-electron chi connectivity index (χ0n) is 52.6. The summed E-state index contributed by atoms with van der Waals surface area (Å²) in [4.78, 5) is 154. The molecule has 4 rings (SSSR count). The molecule has 9 atom stereocenters. The van der Waals surface area contributed by atoms with Gasteiger partial charge in [-0.1, -0.05) is 105 Å². The number of unbranched alkanes of at least 4 members (excludes halogenated alkanes) is 3. The molecule has 20 nitrogen and oxygen atoms in total. The number of carboxylic acid groups (broad SMARTS) is 1. The first-order chi connectivity index (χ1) is 40.7. The van der Waals surface area contributed by atoms with E-state index in [0.717, 1.165) is 47.6 Å². The molecular weight excluding hydrogens is 1120 g/mol. The van der Waals surface area contributed by atoms with Crippen molar-refractivity contribution < 1.29 is 62.6 Å². The molecule has 2 aliphatic rings. The lowest BCUT2D eigenvalue weighted by Gasteiger charge is -2.39. The molecule has 1 aromatic heterocycles. The molecule has 2 aromatic rings. The first kappa shape index (κ1) is 72.0. The van der Waals surface area contributed by atoms with Crippen molar-refractivity contribution in [2.45, 2.75) is 215 Å². The van der Waals surface area contributed by atoms with Crippen molar-refractivity contribution in [3.8, 4) is 0 Å². The average molecular weight is 1220 g/mol. The number of carbonyl (C=O) groups excluding carboxylic acids is 10. The predicted molar refractivity (Wildman–Crippen MR) is 328 cm³/mol. The summed E-state index contributed by atoms with van der Waals surface area (Å²) in [7, 11) is 1.97. The number of piperidine rings is 1. The van der Waals surface area contributed by atoms with Gasteiger partial charge in [0.2, 0.25) is 17.7 Å². The van der Waals surface area contributed by atoms with Gasteiger partial charge in [0, 0.05) is 100.0 Å². The maximum absolute atomic E-state index is 14.9. The fourth-order valence-electron chi connectivity index (χ4n) is 11.5. The van der Waals surface area contributed by atoms with Gasteiger partial charge in [-0.25, -0.2) is 4.98 Å². The Morgan fingerprint density at radius 2 is 1.49 bits per heavy atom. The monoisotopic (exact) mass is 1220 g/mol. The number of carbonyl (C=O) groups is 11. The lowest BCUT2D eigenvalue weighted by atomic mass is 9.82. The summed E-state index contributed by atoms with van der Waals surface area (Å²) >= 11 is 1.14. The fourth-order valence-corrected chi connectivity index (χ4v) is 12.3. The molecule has 0 bridgehead atoms. The highest BCUT2D eigenvalue weighted by molar-refractivity contribution is 7.09. The number of ketones is 3. The summed E-state index contributed by atoms with van der Waals surface area (Å²) in [5.74, 6) is -6.71. The van der Waals surface area contributed by atoms with E-state index in [2.05, 4.69) is 20.5 Å². The van der Waals surface area contributed by atoms with Crippen molar-refractivity contribution in [3.05, 3.63) is 63.6 Å². The van der Waals surface area contributed by atoms with Crippen LogP contribution in [0.15, 0.2) is 41.8 Å². The van der Waals surface area contributed by atoms with Crippen molar-refractivity contribution in [1.82, 2.24) is 30.3 Å². The van der Waals surface area contributed by atoms with Crippen LogP contribution in [0.4, 0.5) is 0 Å². The number of rotatable bonds is 40. The smallest absolute Gasteiger partial charge is 0.306 e. The van der Waals surface area contributed by atoms with Gasteiger partial charge in [0.15, 0.2) is 17.7 Å². The summed E-state index contributed by atoms with van der Waals surface area (Å²) in [5, 5.41) is 17.8. The number of esters is 1. The maximum Gasteiger partial charge on any atom is 0.306 e. The van der Waals surface area contributed by atoms with E-state index >= 15 is 0 Å². The molecule has 0 radical (unpaired) electrons. The number of hydrogen-bond donors (Lipinski definition) is 4. The van der Waals surface area contributed by atoms with Gasteiger partial charge in [0.1, 0.15) is 16.5 Å². The van der Waals surface area contributed by atoms with Crippen LogP contribution in [0.25, 0.3) is 0 Å². The first-order valence-electron chi connectivity index (χ1n) is 31.2. The highest BCUT2D eigenvalue weighted by atomic mass is 32.1. The Bertz CT molecular complexity index is 2650. The van der Waals surface area contributed by atoms with E-state index in [1.807, 2.05) is 60.4 Å². The van der Waals surface area contributed by atoms with Crippen LogP contribution in [0.3, 0.4) is 0 Å². The lowest BCUT2D eigenvalue weighted by molar-refractivity contribution is -0.150. The van der Waals surface area contributed by atoms with Crippen LogP contribution in [-0.2, 0) is 65.5 Å². The van der Waals surface area contributed by atoms with Gasteiger partial charge in [0.05, 0.1) is 18.0 Å². The molecule has 1 aromatic carbocycles. The average Bonchev–Trinajstić information content (AvgIpc) is 2.54. The van der Waals surface area contributed by atoms with E-state index in [4.69, 9.17) is 10.5 Å². The normalized spacial score (nSPS) is 17.3. The van der Waals surface area contributed by atoms with Gasteiger partial charge in [-0.05, 0) is 100 Å². The van der Waals surface area contributed by atoms with Gasteiger partial charge in [-0.3, -0.25) is 62.5 Å². The largest absolute Gasteiger partial charge is 0.481 e. The number of likely N-dealkylation sites (tertiary alicyclic amines) is 1. The van der Waals surface area contributed by atoms with E-state index < -0.39 is 71.6 Å². The van der Waals surface area contributed by atoms with Gasteiger partial charge in [0.25, 0.3) is 17.7 Å². The first-order valence-corrected chi connectivity index (χ1v) is 32.1. The van der Waals surface area contributed by atoms with Crippen LogP contribution >= 0.6 is 11.3 Å². The quantitative estimate of drug-likeness (QED) is 0.0277. The highest BCUT2D eigenvalue weighted by Crippen LogP contribution is 2.34. The molecule has 2 aliphatic heterocycles. The van der Waals surface area contributed by atoms with Crippen molar-refractivity contribution >= 4 is 76.1 Å². The number of nitrogens with one attached hydrogen (secondary N) is 2. The second kappa shape index (κ2) is 36.0. The number of carboxylic acids is 1. The van der Waals surface area contributed by atoms with E-state index in [9.17, 15) is 57.8 Å². The van der Waals surface area contributed by atoms with Crippen LogP contribution in [0.5, 0.6) is 0 Å². The topological polar surface area (TPSA) is 290 Å².